The number of allylic oxidation sites excluding steroid dienone is 2. The first-order valence-corrected chi connectivity index (χ1v) is 9.13. The van der Waals surface area contributed by atoms with Crippen LogP contribution in [0.2, 0.25) is 0 Å². The zero-order chi connectivity index (χ0) is 18.3. The molecule has 6 heteroatoms. The number of hydrogen-bond acceptors (Lipinski definition) is 5. The van der Waals surface area contributed by atoms with Crippen LogP contribution in [0.25, 0.3) is 0 Å². The Bertz CT molecular complexity index is 771. The summed E-state index contributed by atoms with van der Waals surface area (Å²) in [6.07, 6.45) is 6.58. The maximum Gasteiger partial charge on any atom is 0.254 e. The van der Waals surface area contributed by atoms with Gasteiger partial charge in [0.1, 0.15) is 11.5 Å². The molecule has 26 heavy (non-hydrogen) atoms. The summed E-state index contributed by atoms with van der Waals surface area (Å²) in [5, 5.41) is 5.26. The Labute approximate surface area is 152 Å². The van der Waals surface area contributed by atoms with Crippen molar-refractivity contribution in [3.8, 4) is 11.5 Å². The molecule has 0 radical (unpaired) electrons. The minimum Gasteiger partial charge on any atom is -0.494 e. The second-order valence-corrected chi connectivity index (χ2v) is 6.80. The number of fused-ring (bicyclic) bond motifs is 5. The minimum absolute atomic E-state index is 0.183. The van der Waals surface area contributed by atoms with E-state index >= 15 is 0 Å². The third-order valence-electron chi connectivity index (χ3n) is 5.36. The fourth-order valence-electron chi connectivity index (χ4n) is 4.28. The van der Waals surface area contributed by atoms with Gasteiger partial charge in [0.15, 0.2) is 0 Å². The van der Waals surface area contributed by atoms with Crippen molar-refractivity contribution in [1.29, 1.82) is 0 Å². The number of nitrogens with zero attached hydrogens (tertiary/aromatic N) is 2. The molecule has 6 nitrogen and oxygen atoms in total. The summed E-state index contributed by atoms with van der Waals surface area (Å²) in [5.74, 6) is 0.857. The topological polar surface area (TPSA) is 68.2 Å². The normalized spacial score (nSPS) is 29.1. The lowest BCUT2D eigenvalue weighted by Crippen LogP contribution is -2.28. The molecule has 0 aromatic heterocycles. The fraction of sp³-hybridized carbons (Fsp3) is 0.450. The number of hydrogen-bond donors (Lipinski definition) is 0. The summed E-state index contributed by atoms with van der Waals surface area (Å²) < 4.78 is 11.1. The molecule has 0 N–H and O–H groups in total. The second-order valence-electron chi connectivity index (χ2n) is 6.80. The molecule has 2 fully saturated rings. The molecule has 1 heterocycles. The molecule has 136 valence electrons. The van der Waals surface area contributed by atoms with Gasteiger partial charge in [0.25, 0.3) is 11.8 Å². The molecule has 2 amide bonds. The van der Waals surface area contributed by atoms with E-state index in [1.165, 1.54) is 6.21 Å². The van der Waals surface area contributed by atoms with E-state index in [9.17, 15) is 9.59 Å². The molecule has 1 aliphatic heterocycles. The van der Waals surface area contributed by atoms with Crippen molar-refractivity contribution >= 4 is 18.0 Å². The van der Waals surface area contributed by atoms with Crippen molar-refractivity contribution in [3.05, 3.63) is 35.9 Å². The first kappa shape index (κ1) is 16.8. The Morgan fingerprint density at radius 1 is 1.08 bits per heavy atom. The smallest absolute Gasteiger partial charge is 0.254 e. The van der Waals surface area contributed by atoms with Gasteiger partial charge in [0.05, 0.1) is 31.3 Å². The molecule has 1 saturated heterocycles. The fourth-order valence-corrected chi connectivity index (χ4v) is 4.28. The van der Waals surface area contributed by atoms with E-state index in [0.717, 1.165) is 11.4 Å². The monoisotopic (exact) mass is 354 g/mol. The average Bonchev–Trinajstić information content (AvgIpc) is 3.30. The van der Waals surface area contributed by atoms with Crippen LogP contribution < -0.4 is 9.47 Å². The van der Waals surface area contributed by atoms with Gasteiger partial charge >= 0.3 is 0 Å². The van der Waals surface area contributed by atoms with E-state index in [2.05, 4.69) is 17.3 Å². The maximum absolute atomic E-state index is 12.7. The van der Waals surface area contributed by atoms with Crippen molar-refractivity contribution in [2.75, 3.05) is 13.2 Å². The van der Waals surface area contributed by atoms with Gasteiger partial charge in [0, 0.05) is 11.6 Å². The molecular weight excluding hydrogens is 332 g/mol. The Balaban J connectivity index is 1.57. The Kier molecular flexibility index (Phi) is 4.26. The van der Waals surface area contributed by atoms with E-state index in [1.807, 2.05) is 26.0 Å². The van der Waals surface area contributed by atoms with Crippen LogP contribution in [0.5, 0.6) is 11.5 Å². The molecular formula is C20H22N2O4. The van der Waals surface area contributed by atoms with Gasteiger partial charge in [0.2, 0.25) is 0 Å². The zero-order valence-corrected chi connectivity index (χ0v) is 14.9. The van der Waals surface area contributed by atoms with Crippen molar-refractivity contribution in [3.63, 3.8) is 0 Å². The molecule has 1 aromatic carbocycles. The first-order chi connectivity index (χ1) is 12.6. The highest BCUT2D eigenvalue weighted by Gasteiger charge is 2.59. The SMILES string of the molecule is CCOc1ccc(/C=N\N2C(=O)[C@@H]3[C@@H](C2=O)[C@@H]2C=C[C@@H]3C2)c(OCC)c1. The molecule has 0 unspecified atom stereocenters. The van der Waals surface area contributed by atoms with Crippen LogP contribution in [-0.2, 0) is 9.59 Å². The number of benzene rings is 1. The lowest BCUT2D eigenvalue weighted by Gasteiger charge is -2.13. The van der Waals surface area contributed by atoms with Crippen molar-refractivity contribution < 1.29 is 19.1 Å². The molecule has 3 aliphatic rings. The summed E-state index contributed by atoms with van der Waals surface area (Å²) in [7, 11) is 0. The van der Waals surface area contributed by atoms with Crippen LogP contribution in [0, 0.1) is 23.7 Å². The van der Waals surface area contributed by atoms with Crippen molar-refractivity contribution in [1.82, 2.24) is 5.01 Å². The predicted octanol–water partition coefficient (Wildman–Crippen LogP) is 2.63. The molecule has 4 rings (SSSR count). The number of hydrazone groups is 1. The average molecular weight is 354 g/mol. The standard InChI is InChI=1S/C20H22N2O4/c1-3-25-15-8-7-14(16(10-15)26-4-2)11-21-22-19(23)17-12-5-6-13(9-12)18(17)20(22)24/h5-8,10-13,17-18H,3-4,9H2,1-2H3/b21-11-/t12-,13-,17+,18+/m1/s1. The van der Waals surface area contributed by atoms with Crippen LogP contribution >= 0.6 is 0 Å². The van der Waals surface area contributed by atoms with Crippen molar-refractivity contribution in [2.24, 2.45) is 28.8 Å². The summed E-state index contributed by atoms with van der Waals surface area (Å²) in [4.78, 5) is 25.3. The van der Waals surface area contributed by atoms with Gasteiger partial charge in [-0.25, -0.2) is 0 Å². The number of ether oxygens (including phenoxy) is 2. The van der Waals surface area contributed by atoms with Crippen LogP contribution in [0.15, 0.2) is 35.5 Å². The number of amides is 2. The van der Waals surface area contributed by atoms with Gasteiger partial charge < -0.3 is 9.47 Å². The van der Waals surface area contributed by atoms with Crippen LogP contribution in [0.1, 0.15) is 25.8 Å². The van der Waals surface area contributed by atoms with Crippen LogP contribution in [0.3, 0.4) is 0 Å². The van der Waals surface area contributed by atoms with E-state index in [-0.39, 0.29) is 35.5 Å². The molecule has 1 aromatic rings. The first-order valence-electron chi connectivity index (χ1n) is 9.13. The Morgan fingerprint density at radius 3 is 2.35 bits per heavy atom. The zero-order valence-electron chi connectivity index (χ0n) is 14.9. The van der Waals surface area contributed by atoms with Crippen molar-refractivity contribution in [2.45, 2.75) is 20.3 Å². The molecule has 0 spiro atoms. The largest absolute Gasteiger partial charge is 0.494 e. The third kappa shape index (κ3) is 2.60. The Hall–Kier alpha value is -2.63. The highest BCUT2D eigenvalue weighted by atomic mass is 16.5. The minimum atomic E-state index is -0.235. The second kappa shape index (κ2) is 6.59. The van der Waals surface area contributed by atoms with E-state index in [1.54, 1.807) is 6.07 Å². The summed E-state index contributed by atoms with van der Waals surface area (Å²) in [6, 6.07) is 5.43. The van der Waals surface area contributed by atoms with Gasteiger partial charge in [-0.05, 0) is 44.2 Å². The summed E-state index contributed by atoms with van der Waals surface area (Å²) in [5.41, 5.74) is 0.703. The predicted molar refractivity (Wildman–Crippen MR) is 95.9 cm³/mol. The quantitative estimate of drug-likeness (QED) is 0.447. The van der Waals surface area contributed by atoms with E-state index < -0.39 is 0 Å². The van der Waals surface area contributed by atoms with Crippen LogP contribution in [-0.4, -0.2) is 36.3 Å². The van der Waals surface area contributed by atoms with Crippen LogP contribution in [0.4, 0.5) is 0 Å². The third-order valence-corrected chi connectivity index (χ3v) is 5.36. The lowest BCUT2D eigenvalue weighted by atomic mass is 9.85. The number of carbonyl (C=O) groups excluding carboxylic acids is 2. The van der Waals surface area contributed by atoms with Gasteiger partial charge in [-0.2, -0.15) is 10.1 Å². The lowest BCUT2D eigenvalue weighted by molar-refractivity contribution is -0.140. The highest BCUT2D eigenvalue weighted by Crippen LogP contribution is 2.52. The molecule has 2 bridgehead atoms. The maximum atomic E-state index is 12.7. The molecule has 4 atom stereocenters. The molecule has 2 aliphatic carbocycles. The summed E-state index contributed by atoms with van der Waals surface area (Å²) >= 11 is 0. The molecule has 1 saturated carbocycles. The van der Waals surface area contributed by atoms with Gasteiger partial charge in [-0.1, -0.05) is 12.2 Å². The van der Waals surface area contributed by atoms with Gasteiger partial charge in [-0.15, -0.1) is 0 Å². The van der Waals surface area contributed by atoms with E-state index in [0.29, 0.717) is 30.3 Å². The number of carbonyl (C=O) groups is 2. The number of rotatable bonds is 6. The highest BCUT2D eigenvalue weighted by molar-refractivity contribution is 6.06. The number of imide groups is 1. The van der Waals surface area contributed by atoms with E-state index in [4.69, 9.17) is 9.47 Å². The Morgan fingerprint density at radius 2 is 1.73 bits per heavy atom. The summed E-state index contributed by atoms with van der Waals surface area (Å²) in [6.45, 7) is 4.87. The van der Waals surface area contributed by atoms with Gasteiger partial charge in [-0.3, -0.25) is 9.59 Å².